The number of Topliss-reactive ketones (excluding diaryl/α,β-unsaturated/α-hetero) is 1. The van der Waals surface area contributed by atoms with Crippen LogP contribution in [0.5, 0.6) is 5.75 Å². The van der Waals surface area contributed by atoms with Gasteiger partial charge in [0.05, 0.1) is 16.5 Å². The molecule has 0 aromatic heterocycles. The Morgan fingerprint density at radius 3 is 2.26 bits per heavy atom. The fourth-order valence-corrected chi connectivity index (χ4v) is 3.59. The van der Waals surface area contributed by atoms with Crippen LogP contribution in [-0.2, 0) is 9.59 Å². The summed E-state index contributed by atoms with van der Waals surface area (Å²) in [5.74, 6) is -2.21. The number of nitrogens with zero attached hydrogens (tertiary/aromatic N) is 2. The minimum Gasteiger partial charge on any atom is -0.508 e. The predicted molar refractivity (Wildman–Crippen MR) is 112 cm³/mol. The molecule has 1 amide bonds. The van der Waals surface area contributed by atoms with E-state index in [0.717, 1.165) is 4.90 Å². The van der Waals surface area contributed by atoms with Crippen molar-refractivity contribution in [3.8, 4) is 5.75 Å². The number of anilines is 1. The molecule has 1 saturated heterocycles. The lowest BCUT2D eigenvalue weighted by atomic mass is 9.95. The van der Waals surface area contributed by atoms with E-state index < -0.39 is 22.7 Å². The van der Waals surface area contributed by atoms with Crippen molar-refractivity contribution in [2.24, 2.45) is 0 Å². The number of amides is 1. The number of nitro benzene ring substituents is 1. The van der Waals surface area contributed by atoms with Crippen LogP contribution in [0.15, 0.2) is 84.4 Å². The van der Waals surface area contributed by atoms with E-state index in [0.29, 0.717) is 16.8 Å². The van der Waals surface area contributed by atoms with Crippen LogP contribution in [0.25, 0.3) is 5.76 Å². The van der Waals surface area contributed by atoms with Gasteiger partial charge in [0, 0.05) is 23.4 Å². The van der Waals surface area contributed by atoms with Gasteiger partial charge in [0.1, 0.15) is 11.5 Å². The number of carbonyl (C=O) groups excluding carboxylic acids is 2. The van der Waals surface area contributed by atoms with Crippen molar-refractivity contribution in [1.29, 1.82) is 0 Å². The molecule has 1 aliphatic rings. The second kappa shape index (κ2) is 7.75. The van der Waals surface area contributed by atoms with Crippen LogP contribution in [0.3, 0.4) is 0 Å². The van der Waals surface area contributed by atoms with Crippen LogP contribution in [-0.4, -0.2) is 26.8 Å². The third-order valence-corrected chi connectivity index (χ3v) is 5.02. The predicted octanol–water partition coefficient (Wildman–Crippen LogP) is 3.93. The van der Waals surface area contributed by atoms with Gasteiger partial charge in [-0.15, -0.1) is 0 Å². The first-order chi connectivity index (χ1) is 14.9. The van der Waals surface area contributed by atoms with Crippen molar-refractivity contribution < 1.29 is 24.7 Å². The zero-order valence-corrected chi connectivity index (χ0v) is 16.0. The fraction of sp³-hybridized carbons (Fsp3) is 0.0435. The first-order valence-electron chi connectivity index (χ1n) is 9.28. The van der Waals surface area contributed by atoms with Gasteiger partial charge in [-0.3, -0.25) is 24.6 Å². The van der Waals surface area contributed by atoms with Crippen LogP contribution in [0.2, 0.25) is 0 Å². The van der Waals surface area contributed by atoms with Gasteiger partial charge in [-0.25, -0.2) is 0 Å². The van der Waals surface area contributed by atoms with Crippen molar-refractivity contribution in [3.05, 3.63) is 106 Å². The molecule has 1 atom stereocenters. The number of aromatic hydroxyl groups is 1. The molecule has 154 valence electrons. The molecular formula is C23H16N2O6. The van der Waals surface area contributed by atoms with Crippen LogP contribution in [0, 0.1) is 10.1 Å². The Kier molecular flexibility index (Phi) is 4.96. The zero-order valence-electron chi connectivity index (χ0n) is 16.0. The van der Waals surface area contributed by atoms with E-state index in [-0.39, 0.29) is 22.8 Å². The Balaban J connectivity index is 1.97. The number of rotatable bonds is 4. The highest BCUT2D eigenvalue weighted by molar-refractivity contribution is 6.51. The monoisotopic (exact) mass is 416 g/mol. The molecule has 31 heavy (non-hydrogen) atoms. The van der Waals surface area contributed by atoms with E-state index in [1.54, 1.807) is 36.4 Å². The normalized spacial score (nSPS) is 17.7. The van der Waals surface area contributed by atoms with Gasteiger partial charge in [-0.1, -0.05) is 42.5 Å². The molecule has 3 aromatic carbocycles. The molecular weight excluding hydrogens is 400 g/mol. The Labute approximate surface area is 176 Å². The quantitative estimate of drug-likeness (QED) is 0.219. The SMILES string of the molecule is O=C1C(=O)N(c2ccc(O)cc2)C(c2cccc([N+](=O)[O-])c2)/C1=C(\O)c1ccccc1. The first kappa shape index (κ1) is 19.8. The van der Waals surface area contributed by atoms with Gasteiger partial charge >= 0.3 is 0 Å². The maximum atomic E-state index is 13.0. The molecule has 8 heteroatoms. The smallest absolute Gasteiger partial charge is 0.300 e. The van der Waals surface area contributed by atoms with E-state index in [4.69, 9.17) is 0 Å². The lowest BCUT2D eigenvalue weighted by molar-refractivity contribution is -0.384. The summed E-state index contributed by atoms with van der Waals surface area (Å²) in [7, 11) is 0. The lowest BCUT2D eigenvalue weighted by Crippen LogP contribution is -2.29. The van der Waals surface area contributed by atoms with Crippen molar-refractivity contribution in [3.63, 3.8) is 0 Å². The van der Waals surface area contributed by atoms with E-state index in [1.807, 2.05) is 0 Å². The maximum Gasteiger partial charge on any atom is 0.300 e. The Morgan fingerprint density at radius 2 is 1.61 bits per heavy atom. The molecule has 3 aromatic rings. The summed E-state index contributed by atoms with van der Waals surface area (Å²) < 4.78 is 0. The Hall–Kier alpha value is -4.46. The molecule has 0 aliphatic carbocycles. The molecule has 0 spiro atoms. The molecule has 0 saturated carbocycles. The molecule has 2 N–H and O–H groups in total. The summed E-state index contributed by atoms with van der Waals surface area (Å²) in [4.78, 5) is 37.8. The Bertz CT molecular complexity index is 1220. The van der Waals surface area contributed by atoms with Gasteiger partial charge in [-0.2, -0.15) is 0 Å². The van der Waals surface area contributed by atoms with Crippen LogP contribution < -0.4 is 4.90 Å². The van der Waals surface area contributed by atoms with Gasteiger partial charge in [0.2, 0.25) is 0 Å². The molecule has 0 bridgehead atoms. The highest BCUT2D eigenvalue weighted by Gasteiger charge is 2.47. The van der Waals surface area contributed by atoms with Gasteiger partial charge in [0.15, 0.2) is 0 Å². The summed E-state index contributed by atoms with van der Waals surface area (Å²) in [5.41, 5.74) is 0.530. The fourth-order valence-electron chi connectivity index (χ4n) is 3.59. The van der Waals surface area contributed by atoms with Crippen molar-refractivity contribution >= 4 is 28.8 Å². The molecule has 1 heterocycles. The number of non-ortho nitro benzene ring substituents is 1. The molecule has 1 unspecified atom stereocenters. The number of aliphatic hydroxyl groups excluding tert-OH is 1. The average molecular weight is 416 g/mol. The van der Waals surface area contributed by atoms with E-state index in [1.165, 1.54) is 42.5 Å². The number of benzene rings is 3. The number of aliphatic hydroxyl groups is 1. The number of phenolic OH excluding ortho intramolecular Hbond substituents is 1. The van der Waals surface area contributed by atoms with Crippen LogP contribution in [0.1, 0.15) is 17.2 Å². The van der Waals surface area contributed by atoms with Gasteiger partial charge in [-0.05, 0) is 29.8 Å². The topological polar surface area (TPSA) is 121 Å². The second-order valence-corrected chi connectivity index (χ2v) is 6.90. The summed E-state index contributed by atoms with van der Waals surface area (Å²) in [6.45, 7) is 0. The summed E-state index contributed by atoms with van der Waals surface area (Å²) in [6.07, 6.45) is 0. The molecule has 4 rings (SSSR count). The van der Waals surface area contributed by atoms with E-state index in [2.05, 4.69) is 0 Å². The molecule has 1 aliphatic heterocycles. The molecule has 0 radical (unpaired) electrons. The number of hydrogen-bond donors (Lipinski definition) is 2. The van der Waals surface area contributed by atoms with E-state index >= 15 is 0 Å². The second-order valence-electron chi connectivity index (χ2n) is 6.90. The van der Waals surface area contributed by atoms with Crippen molar-refractivity contribution in [2.45, 2.75) is 6.04 Å². The van der Waals surface area contributed by atoms with Gasteiger partial charge < -0.3 is 10.2 Å². The van der Waals surface area contributed by atoms with Crippen molar-refractivity contribution in [1.82, 2.24) is 0 Å². The highest BCUT2D eigenvalue weighted by atomic mass is 16.6. The maximum absolute atomic E-state index is 13.0. The Morgan fingerprint density at radius 1 is 0.935 bits per heavy atom. The number of phenols is 1. The number of hydrogen-bond acceptors (Lipinski definition) is 6. The minimum atomic E-state index is -1.09. The highest BCUT2D eigenvalue weighted by Crippen LogP contribution is 2.43. The summed E-state index contributed by atoms with van der Waals surface area (Å²) in [5, 5.41) is 31.8. The summed E-state index contributed by atoms with van der Waals surface area (Å²) in [6, 6.07) is 18.4. The summed E-state index contributed by atoms with van der Waals surface area (Å²) >= 11 is 0. The van der Waals surface area contributed by atoms with E-state index in [9.17, 15) is 29.9 Å². The van der Waals surface area contributed by atoms with Crippen molar-refractivity contribution in [2.75, 3.05) is 4.90 Å². The molecule has 1 fully saturated rings. The van der Waals surface area contributed by atoms with Crippen LogP contribution in [0.4, 0.5) is 11.4 Å². The third kappa shape index (κ3) is 3.51. The average Bonchev–Trinajstić information content (AvgIpc) is 3.05. The number of ketones is 1. The number of nitro groups is 1. The standard InChI is InChI=1S/C23H16N2O6/c26-18-11-9-16(10-12-18)24-20(15-7-4-8-17(13-15)25(30)31)19(22(28)23(24)29)21(27)14-5-2-1-3-6-14/h1-13,20,26-27H/b21-19+. The molecule has 8 nitrogen and oxygen atoms in total. The largest absolute Gasteiger partial charge is 0.508 e. The lowest BCUT2D eigenvalue weighted by Gasteiger charge is -2.25. The minimum absolute atomic E-state index is 0.0310. The van der Waals surface area contributed by atoms with Gasteiger partial charge in [0.25, 0.3) is 17.4 Å². The first-order valence-corrected chi connectivity index (χ1v) is 9.28. The zero-order chi connectivity index (χ0) is 22.1. The van der Waals surface area contributed by atoms with Crippen LogP contribution >= 0.6 is 0 Å². The number of carbonyl (C=O) groups is 2. The third-order valence-electron chi connectivity index (χ3n) is 5.02.